The summed E-state index contributed by atoms with van der Waals surface area (Å²) in [5.41, 5.74) is 2.93. The number of thiophene rings is 1. The Bertz CT molecular complexity index is 476. The number of aryl methyl sites for hydroxylation is 1. The quantitative estimate of drug-likeness (QED) is 0.777. The molecule has 102 valence electrons. The van der Waals surface area contributed by atoms with Gasteiger partial charge in [0, 0.05) is 17.3 Å². The van der Waals surface area contributed by atoms with E-state index in [2.05, 4.69) is 60.9 Å². The van der Waals surface area contributed by atoms with Gasteiger partial charge in [0.25, 0.3) is 0 Å². The fourth-order valence-electron chi connectivity index (χ4n) is 2.44. The lowest BCUT2D eigenvalue weighted by Gasteiger charge is -2.21. The van der Waals surface area contributed by atoms with E-state index in [4.69, 9.17) is 0 Å². The van der Waals surface area contributed by atoms with Crippen LogP contribution in [0.3, 0.4) is 0 Å². The molecule has 0 aliphatic rings. The molecule has 0 fully saturated rings. The lowest BCUT2D eigenvalue weighted by molar-refractivity contribution is 0.529. The van der Waals surface area contributed by atoms with E-state index in [1.165, 1.54) is 22.4 Å². The molecule has 2 rings (SSSR count). The molecule has 0 aliphatic carbocycles. The Kier molecular flexibility index (Phi) is 5.62. The molecule has 0 bridgehead atoms. The summed E-state index contributed by atoms with van der Waals surface area (Å²) in [7, 11) is 0. The molecule has 0 radical (unpaired) electrons. The second kappa shape index (κ2) is 7.46. The molecular weight excluding hydrogens is 250 g/mol. The van der Waals surface area contributed by atoms with E-state index in [1.54, 1.807) is 0 Å². The van der Waals surface area contributed by atoms with Gasteiger partial charge in [0.2, 0.25) is 0 Å². The average molecular weight is 273 g/mol. The van der Waals surface area contributed by atoms with Crippen LogP contribution in [-0.2, 0) is 12.8 Å². The Labute approximate surface area is 120 Å². The predicted molar refractivity (Wildman–Crippen MR) is 84.9 cm³/mol. The van der Waals surface area contributed by atoms with Crippen LogP contribution in [-0.4, -0.2) is 6.54 Å². The molecule has 1 N–H and O–H groups in total. The van der Waals surface area contributed by atoms with Crippen molar-refractivity contribution in [2.45, 2.75) is 39.2 Å². The van der Waals surface area contributed by atoms with E-state index >= 15 is 0 Å². The first-order chi connectivity index (χ1) is 9.35. The van der Waals surface area contributed by atoms with Gasteiger partial charge in [-0.15, -0.1) is 11.3 Å². The van der Waals surface area contributed by atoms with Crippen molar-refractivity contribution in [3.05, 3.63) is 57.8 Å². The third-order valence-electron chi connectivity index (χ3n) is 3.44. The summed E-state index contributed by atoms with van der Waals surface area (Å²) < 4.78 is 0. The fraction of sp³-hybridized carbons (Fsp3) is 0.412. The largest absolute Gasteiger partial charge is 0.310 e. The maximum Gasteiger partial charge on any atom is 0.0371 e. The zero-order valence-electron chi connectivity index (χ0n) is 11.9. The SMILES string of the molecule is CCCNC(Cc1cccs1)c1ccccc1CC. The molecule has 2 aromatic rings. The molecule has 1 atom stereocenters. The molecule has 0 aliphatic heterocycles. The van der Waals surface area contributed by atoms with Gasteiger partial charge >= 0.3 is 0 Å². The number of hydrogen-bond acceptors (Lipinski definition) is 2. The zero-order valence-corrected chi connectivity index (χ0v) is 12.7. The summed E-state index contributed by atoms with van der Waals surface area (Å²) >= 11 is 1.85. The first-order valence-electron chi connectivity index (χ1n) is 7.18. The molecule has 2 heteroatoms. The van der Waals surface area contributed by atoms with Gasteiger partial charge in [-0.25, -0.2) is 0 Å². The normalized spacial score (nSPS) is 12.5. The first kappa shape index (κ1) is 14.3. The lowest BCUT2D eigenvalue weighted by atomic mass is 9.96. The van der Waals surface area contributed by atoms with Gasteiger partial charge in [-0.05, 0) is 42.0 Å². The Morgan fingerprint density at radius 3 is 2.63 bits per heavy atom. The highest BCUT2D eigenvalue weighted by atomic mass is 32.1. The molecule has 1 heterocycles. The second-order valence-corrected chi connectivity index (χ2v) is 5.87. The number of hydrogen-bond donors (Lipinski definition) is 1. The molecule has 19 heavy (non-hydrogen) atoms. The molecule has 1 aromatic carbocycles. The smallest absolute Gasteiger partial charge is 0.0371 e. The van der Waals surface area contributed by atoms with Gasteiger partial charge in [-0.2, -0.15) is 0 Å². The Morgan fingerprint density at radius 1 is 1.11 bits per heavy atom. The molecular formula is C17H23NS. The highest BCUT2D eigenvalue weighted by Gasteiger charge is 2.14. The van der Waals surface area contributed by atoms with Crippen LogP contribution in [0.1, 0.15) is 42.3 Å². The summed E-state index contributed by atoms with van der Waals surface area (Å²) in [6.45, 7) is 5.54. The molecule has 0 amide bonds. The summed E-state index contributed by atoms with van der Waals surface area (Å²) in [4.78, 5) is 1.46. The predicted octanol–water partition coefficient (Wildman–Crippen LogP) is 4.59. The molecule has 0 spiro atoms. The zero-order chi connectivity index (χ0) is 13.5. The molecule has 1 aromatic heterocycles. The van der Waals surface area contributed by atoms with E-state index in [0.29, 0.717) is 6.04 Å². The van der Waals surface area contributed by atoms with E-state index in [0.717, 1.165) is 19.4 Å². The summed E-state index contributed by atoms with van der Waals surface area (Å²) in [6, 6.07) is 13.6. The maximum absolute atomic E-state index is 3.71. The minimum Gasteiger partial charge on any atom is -0.310 e. The van der Waals surface area contributed by atoms with E-state index in [-0.39, 0.29) is 0 Å². The van der Waals surface area contributed by atoms with Crippen LogP contribution in [0.2, 0.25) is 0 Å². The second-order valence-electron chi connectivity index (χ2n) is 4.84. The Balaban J connectivity index is 2.20. The third-order valence-corrected chi connectivity index (χ3v) is 4.34. The van der Waals surface area contributed by atoms with Gasteiger partial charge in [0.1, 0.15) is 0 Å². The highest BCUT2D eigenvalue weighted by Crippen LogP contribution is 2.24. The van der Waals surface area contributed by atoms with Crippen molar-refractivity contribution in [1.82, 2.24) is 5.32 Å². The maximum atomic E-state index is 3.71. The first-order valence-corrected chi connectivity index (χ1v) is 8.06. The minimum atomic E-state index is 0.440. The van der Waals surface area contributed by atoms with E-state index < -0.39 is 0 Å². The average Bonchev–Trinajstić information content (AvgIpc) is 2.96. The van der Waals surface area contributed by atoms with Crippen molar-refractivity contribution < 1.29 is 0 Å². The van der Waals surface area contributed by atoms with Crippen LogP contribution in [0.15, 0.2) is 41.8 Å². The van der Waals surface area contributed by atoms with Crippen LogP contribution in [0.5, 0.6) is 0 Å². The van der Waals surface area contributed by atoms with Crippen molar-refractivity contribution in [3.63, 3.8) is 0 Å². The molecule has 0 saturated heterocycles. The summed E-state index contributed by atoms with van der Waals surface area (Å²) in [6.07, 6.45) is 3.37. The highest BCUT2D eigenvalue weighted by molar-refractivity contribution is 7.09. The van der Waals surface area contributed by atoms with Crippen LogP contribution >= 0.6 is 11.3 Å². The van der Waals surface area contributed by atoms with Crippen molar-refractivity contribution in [1.29, 1.82) is 0 Å². The molecule has 1 nitrogen and oxygen atoms in total. The standard InChI is InChI=1S/C17H23NS/c1-3-11-18-17(13-15-9-7-12-19-15)16-10-6-5-8-14(16)4-2/h5-10,12,17-18H,3-4,11,13H2,1-2H3. The topological polar surface area (TPSA) is 12.0 Å². The monoisotopic (exact) mass is 273 g/mol. The Morgan fingerprint density at radius 2 is 1.95 bits per heavy atom. The van der Waals surface area contributed by atoms with Crippen LogP contribution in [0.25, 0.3) is 0 Å². The van der Waals surface area contributed by atoms with E-state index in [1.807, 2.05) is 11.3 Å². The van der Waals surface area contributed by atoms with Crippen molar-refractivity contribution in [2.75, 3.05) is 6.54 Å². The summed E-state index contributed by atoms with van der Waals surface area (Å²) in [5, 5.41) is 5.87. The van der Waals surface area contributed by atoms with Gasteiger partial charge in [0.05, 0.1) is 0 Å². The Hall–Kier alpha value is -1.12. The van der Waals surface area contributed by atoms with E-state index in [9.17, 15) is 0 Å². The summed E-state index contributed by atoms with van der Waals surface area (Å²) in [5.74, 6) is 0. The molecule has 0 saturated carbocycles. The van der Waals surface area contributed by atoms with Crippen LogP contribution in [0, 0.1) is 0 Å². The van der Waals surface area contributed by atoms with Crippen molar-refractivity contribution >= 4 is 11.3 Å². The number of nitrogens with one attached hydrogen (secondary N) is 1. The van der Waals surface area contributed by atoms with Gasteiger partial charge in [-0.3, -0.25) is 0 Å². The van der Waals surface area contributed by atoms with Gasteiger partial charge in [0.15, 0.2) is 0 Å². The van der Waals surface area contributed by atoms with Gasteiger partial charge < -0.3 is 5.32 Å². The van der Waals surface area contributed by atoms with Crippen LogP contribution in [0.4, 0.5) is 0 Å². The van der Waals surface area contributed by atoms with Crippen molar-refractivity contribution in [2.24, 2.45) is 0 Å². The van der Waals surface area contributed by atoms with Crippen LogP contribution < -0.4 is 5.32 Å². The minimum absolute atomic E-state index is 0.440. The lowest BCUT2D eigenvalue weighted by Crippen LogP contribution is -2.24. The fourth-order valence-corrected chi connectivity index (χ4v) is 3.19. The van der Waals surface area contributed by atoms with Gasteiger partial charge in [-0.1, -0.05) is 44.2 Å². The third kappa shape index (κ3) is 3.92. The number of benzene rings is 1. The molecule has 1 unspecified atom stereocenters. The van der Waals surface area contributed by atoms with Crippen molar-refractivity contribution in [3.8, 4) is 0 Å². The number of rotatable bonds is 7.